The van der Waals surface area contributed by atoms with Gasteiger partial charge in [-0.05, 0) is 19.1 Å². The summed E-state index contributed by atoms with van der Waals surface area (Å²) in [6.45, 7) is 1.85. The lowest BCUT2D eigenvalue weighted by Gasteiger charge is -2.14. The second-order valence-corrected chi connectivity index (χ2v) is 4.52. The second-order valence-electron chi connectivity index (χ2n) is 4.08. The lowest BCUT2D eigenvalue weighted by molar-refractivity contribution is -0.384. The van der Waals surface area contributed by atoms with Crippen LogP contribution in [0.15, 0.2) is 24.5 Å². The number of nitrogens with one attached hydrogen (secondary N) is 1. The van der Waals surface area contributed by atoms with Crippen molar-refractivity contribution in [3.05, 3.63) is 45.5 Å². The zero-order chi connectivity index (χ0) is 14.0. The standard InChI is InChI=1S/C11H12ClN5O2/c1-7(11-15-13-6-16(11)2)14-9-4-3-8(12)5-10(9)17(18)19/h3-7,14H,1-2H3. The van der Waals surface area contributed by atoms with Gasteiger partial charge in [0.15, 0.2) is 5.82 Å². The summed E-state index contributed by atoms with van der Waals surface area (Å²) in [5.74, 6) is 0.684. The molecule has 1 heterocycles. The first-order chi connectivity index (χ1) is 8.99. The molecule has 0 radical (unpaired) electrons. The first kappa shape index (κ1) is 13.3. The molecule has 0 aliphatic rings. The van der Waals surface area contributed by atoms with E-state index in [4.69, 9.17) is 11.6 Å². The Morgan fingerprint density at radius 2 is 2.26 bits per heavy atom. The van der Waals surface area contributed by atoms with Gasteiger partial charge in [0.1, 0.15) is 12.0 Å². The predicted octanol–water partition coefficient (Wildman–Crippen LogP) is 2.55. The molecule has 1 N–H and O–H groups in total. The van der Waals surface area contributed by atoms with E-state index < -0.39 is 4.92 Å². The van der Waals surface area contributed by atoms with Gasteiger partial charge in [0.05, 0.1) is 11.0 Å². The second kappa shape index (κ2) is 5.23. The van der Waals surface area contributed by atoms with E-state index in [1.54, 1.807) is 23.0 Å². The number of benzene rings is 1. The molecule has 7 nitrogen and oxygen atoms in total. The lowest BCUT2D eigenvalue weighted by atomic mass is 10.2. The Kier molecular flexibility index (Phi) is 3.66. The summed E-state index contributed by atoms with van der Waals surface area (Å²) >= 11 is 5.76. The van der Waals surface area contributed by atoms with Crippen molar-refractivity contribution in [3.63, 3.8) is 0 Å². The van der Waals surface area contributed by atoms with E-state index >= 15 is 0 Å². The summed E-state index contributed by atoms with van der Waals surface area (Å²) < 4.78 is 1.75. The average Bonchev–Trinajstić information content (AvgIpc) is 2.77. The number of nitro groups is 1. The number of hydrogen-bond acceptors (Lipinski definition) is 5. The molecule has 100 valence electrons. The van der Waals surface area contributed by atoms with Crippen LogP contribution in [0.3, 0.4) is 0 Å². The van der Waals surface area contributed by atoms with Crippen molar-refractivity contribution in [2.24, 2.45) is 7.05 Å². The van der Waals surface area contributed by atoms with Crippen LogP contribution in [-0.2, 0) is 7.05 Å². The van der Waals surface area contributed by atoms with E-state index in [9.17, 15) is 10.1 Å². The van der Waals surface area contributed by atoms with Crippen LogP contribution in [0.25, 0.3) is 0 Å². The van der Waals surface area contributed by atoms with Gasteiger partial charge in [0.2, 0.25) is 0 Å². The van der Waals surface area contributed by atoms with Gasteiger partial charge in [-0.1, -0.05) is 11.6 Å². The molecule has 0 aliphatic heterocycles. The molecule has 1 atom stereocenters. The summed E-state index contributed by atoms with van der Waals surface area (Å²) in [6.07, 6.45) is 1.57. The number of halogens is 1. The highest BCUT2D eigenvalue weighted by molar-refractivity contribution is 6.30. The Morgan fingerprint density at radius 1 is 1.53 bits per heavy atom. The fourth-order valence-corrected chi connectivity index (χ4v) is 1.93. The third-order valence-electron chi connectivity index (χ3n) is 2.66. The number of aromatic nitrogens is 3. The van der Waals surface area contributed by atoms with E-state index in [-0.39, 0.29) is 11.7 Å². The molecule has 0 saturated carbocycles. The van der Waals surface area contributed by atoms with Gasteiger partial charge in [-0.15, -0.1) is 10.2 Å². The topological polar surface area (TPSA) is 85.9 Å². The highest BCUT2D eigenvalue weighted by atomic mass is 35.5. The Morgan fingerprint density at radius 3 is 2.84 bits per heavy atom. The molecule has 0 spiro atoms. The fourth-order valence-electron chi connectivity index (χ4n) is 1.76. The van der Waals surface area contributed by atoms with Crippen LogP contribution in [0.5, 0.6) is 0 Å². The molecule has 8 heteroatoms. The lowest BCUT2D eigenvalue weighted by Crippen LogP contribution is -2.12. The zero-order valence-electron chi connectivity index (χ0n) is 10.4. The molecule has 0 bridgehead atoms. The molecule has 1 aromatic heterocycles. The first-order valence-corrected chi connectivity index (χ1v) is 5.91. The van der Waals surface area contributed by atoms with E-state index in [0.29, 0.717) is 16.5 Å². The van der Waals surface area contributed by atoms with Crippen LogP contribution in [0.4, 0.5) is 11.4 Å². The quantitative estimate of drug-likeness (QED) is 0.687. The van der Waals surface area contributed by atoms with Gasteiger partial charge >= 0.3 is 0 Å². The third kappa shape index (κ3) is 2.82. The minimum atomic E-state index is -0.475. The van der Waals surface area contributed by atoms with Gasteiger partial charge in [-0.3, -0.25) is 10.1 Å². The average molecular weight is 282 g/mol. The Balaban J connectivity index is 2.29. The van der Waals surface area contributed by atoms with Gasteiger partial charge in [-0.25, -0.2) is 0 Å². The van der Waals surface area contributed by atoms with Crippen LogP contribution in [0, 0.1) is 10.1 Å². The first-order valence-electron chi connectivity index (χ1n) is 5.53. The van der Waals surface area contributed by atoms with Crippen LogP contribution in [0.1, 0.15) is 18.8 Å². The molecule has 0 aliphatic carbocycles. The molecule has 0 fully saturated rings. The summed E-state index contributed by atoms with van der Waals surface area (Å²) in [5, 5.41) is 22.1. The minimum Gasteiger partial charge on any atom is -0.370 e. The van der Waals surface area contributed by atoms with Gasteiger partial charge < -0.3 is 9.88 Å². The number of anilines is 1. The van der Waals surface area contributed by atoms with Crippen molar-refractivity contribution >= 4 is 23.0 Å². The number of rotatable bonds is 4. The highest BCUT2D eigenvalue weighted by Crippen LogP contribution is 2.30. The van der Waals surface area contributed by atoms with Crippen LogP contribution in [-0.4, -0.2) is 19.7 Å². The molecule has 19 heavy (non-hydrogen) atoms. The van der Waals surface area contributed by atoms with Crippen molar-refractivity contribution in [3.8, 4) is 0 Å². The maximum absolute atomic E-state index is 11.0. The smallest absolute Gasteiger partial charge is 0.293 e. The van der Waals surface area contributed by atoms with Crippen molar-refractivity contribution in [2.75, 3.05) is 5.32 Å². The van der Waals surface area contributed by atoms with Crippen LogP contribution in [0.2, 0.25) is 5.02 Å². The monoisotopic (exact) mass is 281 g/mol. The van der Waals surface area contributed by atoms with E-state index in [2.05, 4.69) is 15.5 Å². The highest BCUT2D eigenvalue weighted by Gasteiger charge is 2.18. The largest absolute Gasteiger partial charge is 0.370 e. The van der Waals surface area contributed by atoms with E-state index in [0.717, 1.165) is 0 Å². The maximum Gasteiger partial charge on any atom is 0.293 e. The van der Waals surface area contributed by atoms with Crippen LogP contribution < -0.4 is 5.32 Å². The molecule has 2 rings (SSSR count). The molecule has 2 aromatic rings. The Hall–Kier alpha value is -2.15. The summed E-state index contributed by atoms with van der Waals surface area (Å²) in [5.41, 5.74) is 0.325. The normalized spacial score (nSPS) is 12.2. The summed E-state index contributed by atoms with van der Waals surface area (Å²) in [6, 6.07) is 4.27. The molecular formula is C11H12ClN5O2. The molecule has 1 aromatic carbocycles. The van der Waals surface area contributed by atoms with Crippen LogP contribution >= 0.6 is 11.6 Å². The molecule has 1 unspecified atom stereocenters. The molecule has 0 amide bonds. The fraction of sp³-hybridized carbons (Fsp3) is 0.273. The van der Waals surface area contributed by atoms with E-state index in [1.165, 1.54) is 6.07 Å². The minimum absolute atomic E-state index is 0.0680. The molecule has 0 saturated heterocycles. The number of nitro benzene ring substituents is 1. The maximum atomic E-state index is 11.0. The zero-order valence-corrected chi connectivity index (χ0v) is 11.1. The third-order valence-corrected chi connectivity index (χ3v) is 2.90. The summed E-state index contributed by atoms with van der Waals surface area (Å²) in [4.78, 5) is 10.5. The van der Waals surface area contributed by atoms with Crippen molar-refractivity contribution in [1.29, 1.82) is 0 Å². The van der Waals surface area contributed by atoms with Crippen molar-refractivity contribution in [2.45, 2.75) is 13.0 Å². The molecular weight excluding hydrogens is 270 g/mol. The van der Waals surface area contributed by atoms with Crippen molar-refractivity contribution < 1.29 is 4.92 Å². The predicted molar refractivity (Wildman–Crippen MR) is 71.1 cm³/mol. The van der Waals surface area contributed by atoms with Gasteiger partial charge in [0.25, 0.3) is 5.69 Å². The number of hydrogen-bond donors (Lipinski definition) is 1. The number of aryl methyl sites for hydroxylation is 1. The number of nitrogens with zero attached hydrogens (tertiary/aromatic N) is 4. The van der Waals surface area contributed by atoms with Gasteiger partial charge in [-0.2, -0.15) is 0 Å². The Labute approximate surface area is 114 Å². The van der Waals surface area contributed by atoms with Crippen molar-refractivity contribution in [1.82, 2.24) is 14.8 Å². The SMILES string of the molecule is CC(Nc1ccc(Cl)cc1[N+](=O)[O-])c1nncn1C. The Bertz CT molecular complexity index is 613. The van der Waals surface area contributed by atoms with E-state index in [1.807, 2.05) is 14.0 Å². The van der Waals surface area contributed by atoms with Gasteiger partial charge in [0, 0.05) is 18.1 Å². The summed E-state index contributed by atoms with van der Waals surface area (Å²) in [7, 11) is 1.81.